The van der Waals surface area contributed by atoms with Crippen molar-refractivity contribution in [3.8, 4) is 0 Å². The van der Waals surface area contributed by atoms with Gasteiger partial charge in [-0.3, -0.25) is 0 Å². The molecule has 5 N–H and O–H groups in total. The van der Waals surface area contributed by atoms with E-state index < -0.39 is 24.4 Å². The zero-order valence-corrected chi connectivity index (χ0v) is 16.5. The monoisotopic (exact) mass is 374 g/mol. The van der Waals surface area contributed by atoms with Crippen LogP contribution in [0.4, 0.5) is 0 Å². The van der Waals surface area contributed by atoms with Crippen LogP contribution < -0.4 is 0 Å². The van der Waals surface area contributed by atoms with E-state index in [1.165, 1.54) is 7.11 Å². The van der Waals surface area contributed by atoms with Gasteiger partial charge in [-0.1, -0.05) is 44.6 Å². The minimum atomic E-state index is -0.937. The van der Waals surface area contributed by atoms with Crippen LogP contribution in [0.1, 0.15) is 46.5 Å². The van der Waals surface area contributed by atoms with Crippen LogP contribution in [0.15, 0.2) is 24.3 Å². The SMILES string of the molecule is CCC(CC(C)C(O)C=CC=CCC(C)O)C(O)C(OC)C(O)CCO. The Bertz CT molecular complexity index is 396. The van der Waals surface area contributed by atoms with E-state index in [0.717, 1.165) is 0 Å². The molecule has 0 fully saturated rings. The first-order valence-electron chi connectivity index (χ1n) is 9.47. The predicted octanol–water partition coefficient (Wildman–Crippen LogP) is 1.40. The van der Waals surface area contributed by atoms with Gasteiger partial charge in [0.15, 0.2) is 0 Å². The Hall–Kier alpha value is -0.760. The summed E-state index contributed by atoms with van der Waals surface area (Å²) in [6, 6.07) is 0. The van der Waals surface area contributed by atoms with E-state index in [9.17, 15) is 20.4 Å². The number of aliphatic hydroxyl groups is 5. The summed E-state index contributed by atoms with van der Waals surface area (Å²) >= 11 is 0. The number of rotatable bonds is 14. The molecule has 0 rings (SSSR count). The maximum atomic E-state index is 10.6. The molecule has 0 spiro atoms. The van der Waals surface area contributed by atoms with Crippen molar-refractivity contribution in [3.63, 3.8) is 0 Å². The third-order valence-electron chi connectivity index (χ3n) is 4.71. The molecule has 0 aliphatic rings. The fourth-order valence-corrected chi connectivity index (χ4v) is 2.98. The topological polar surface area (TPSA) is 110 Å². The van der Waals surface area contributed by atoms with Crippen LogP contribution in [0.3, 0.4) is 0 Å². The molecule has 0 aliphatic carbocycles. The second kappa shape index (κ2) is 14.3. The summed E-state index contributed by atoms with van der Waals surface area (Å²) in [7, 11) is 1.43. The summed E-state index contributed by atoms with van der Waals surface area (Å²) in [5.41, 5.74) is 0. The van der Waals surface area contributed by atoms with Gasteiger partial charge in [-0.25, -0.2) is 0 Å². The van der Waals surface area contributed by atoms with Crippen LogP contribution in [0, 0.1) is 11.8 Å². The molecule has 0 heterocycles. The standard InChI is InChI=1S/C20H38O6/c1-5-16(19(25)20(26-4)18(24)11-12-21)13-14(2)17(23)10-8-6-7-9-15(3)22/h6-8,10,14-25H,5,9,11-13H2,1-4H3. The molecular formula is C20H38O6. The van der Waals surface area contributed by atoms with Gasteiger partial charge >= 0.3 is 0 Å². The van der Waals surface area contributed by atoms with Gasteiger partial charge in [0.2, 0.25) is 0 Å². The first-order chi connectivity index (χ1) is 12.3. The molecule has 0 radical (unpaired) electrons. The first kappa shape index (κ1) is 25.2. The number of hydrogen-bond acceptors (Lipinski definition) is 6. The molecule has 0 saturated carbocycles. The lowest BCUT2D eigenvalue weighted by Crippen LogP contribution is -2.44. The average Bonchev–Trinajstić information content (AvgIpc) is 2.59. The van der Waals surface area contributed by atoms with Crippen LogP contribution in [-0.2, 0) is 4.74 Å². The predicted molar refractivity (Wildman–Crippen MR) is 103 cm³/mol. The zero-order valence-electron chi connectivity index (χ0n) is 16.5. The van der Waals surface area contributed by atoms with E-state index >= 15 is 0 Å². The zero-order chi connectivity index (χ0) is 20.1. The van der Waals surface area contributed by atoms with E-state index in [-0.39, 0.29) is 31.0 Å². The van der Waals surface area contributed by atoms with Crippen molar-refractivity contribution >= 4 is 0 Å². The van der Waals surface area contributed by atoms with E-state index in [1.54, 1.807) is 25.2 Å². The molecular weight excluding hydrogens is 336 g/mol. The molecule has 7 unspecified atom stereocenters. The van der Waals surface area contributed by atoms with Crippen LogP contribution in [0.25, 0.3) is 0 Å². The third kappa shape index (κ3) is 9.80. The minimum absolute atomic E-state index is 0.0801. The van der Waals surface area contributed by atoms with Crippen molar-refractivity contribution in [2.24, 2.45) is 11.8 Å². The Morgan fingerprint density at radius 3 is 2.19 bits per heavy atom. The lowest BCUT2D eigenvalue weighted by atomic mass is 9.83. The highest BCUT2D eigenvalue weighted by atomic mass is 16.5. The molecule has 0 amide bonds. The normalized spacial score (nSPS) is 20.8. The lowest BCUT2D eigenvalue weighted by molar-refractivity contribution is -0.109. The lowest BCUT2D eigenvalue weighted by Gasteiger charge is -2.33. The number of aliphatic hydroxyl groups excluding tert-OH is 5. The van der Waals surface area contributed by atoms with E-state index in [2.05, 4.69) is 0 Å². The fourth-order valence-electron chi connectivity index (χ4n) is 2.98. The molecule has 0 saturated heterocycles. The van der Waals surface area contributed by atoms with Gasteiger partial charge in [-0.2, -0.15) is 0 Å². The minimum Gasteiger partial charge on any atom is -0.396 e. The van der Waals surface area contributed by atoms with Gasteiger partial charge in [0, 0.05) is 13.7 Å². The molecule has 0 aromatic carbocycles. The van der Waals surface area contributed by atoms with Gasteiger partial charge in [0.05, 0.1) is 24.4 Å². The number of allylic oxidation sites excluding steroid dienone is 2. The second-order valence-corrected chi connectivity index (χ2v) is 7.04. The summed E-state index contributed by atoms with van der Waals surface area (Å²) in [6.07, 6.45) is 5.42. The summed E-state index contributed by atoms with van der Waals surface area (Å²) in [4.78, 5) is 0. The van der Waals surface area contributed by atoms with Crippen molar-refractivity contribution in [3.05, 3.63) is 24.3 Å². The Morgan fingerprint density at radius 2 is 1.69 bits per heavy atom. The van der Waals surface area contributed by atoms with Gasteiger partial charge in [0.25, 0.3) is 0 Å². The van der Waals surface area contributed by atoms with Crippen molar-refractivity contribution in [1.29, 1.82) is 0 Å². The number of ether oxygens (including phenoxy) is 1. The molecule has 6 heteroatoms. The van der Waals surface area contributed by atoms with Crippen molar-refractivity contribution in [1.82, 2.24) is 0 Å². The Balaban J connectivity index is 4.71. The molecule has 0 aliphatic heterocycles. The van der Waals surface area contributed by atoms with Crippen molar-refractivity contribution in [2.75, 3.05) is 13.7 Å². The summed E-state index contributed by atoms with van der Waals surface area (Å²) < 4.78 is 5.25. The van der Waals surface area contributed by atoms with Crippen LogP contribution in [0.2, 0.25) is 0 Å². The quantitative estimate of drug-likeness (QED) is 0.294. The van der Waals surface area contributed by atoms with E-state index in [0.29, 0.717) is 19.3 Å². The van der Waals surface area contributed by atoms with Crippen molar-refractivity contribution < 1.29 is 30.3 Å². The fraction of sp³-hybridized carbons (Fsp3) is 0.800. The highest BCUT2D eigenvalue weighted by molar-refractivity contribution is 5.06. The van der Waals surface area contributed by atoms with Crippen LogP contribution in [-0.4, -0.2) is 69.8 Å². The Morgan fingerprint density at radius 1 is 1.04 bits per heavy atom. The maximum Gasteiger partial charge on any atom is 0.109 e. The maximum absolute atomic E-state index is 10.6. The molecule has 26 heavy (non-hydrogen) atoms. The van der Waals surface area contributed by atoms with Crippen LogP contribution >= 0.6 is 0 Å². The number of hydrogen-bond donors (Lipinski definition) is 5. The Labute approximate surface area is 157 Å². The molecule has 0 aromatic rings. The third-order valence-corrected chi connectivity index (χ3v) is 4.71. The Kier molecular flexibility index (Phi) is 13.9. The van der Waals surface area contributed by atoms with Gasteiger partial charge < -0.3 is 30.3 Å². The number of methoxy groups -OCH3 is 1. The van der Waals surface area contributed by atoms with Crippen molar-refractivity contribution in [2.45, 2.75) is 77.0 Å². The average molecular weight is 375 g/mol. The molecule has 6 nitrogen and oxygen atoms in total. The molecule has 0 bridgehead atoms. The smallest absolute Gasteiger partial charge is 0.109 e. The highest BCUT2D eigenvalue weighted by Gasteiger charge is 2.33. The summed E-state index contributed by atoms with van der Waals surface area (Å²) in [6.45, 7) is 5.40. The second-order valence-electron chi connectivity index (χ2n) is 7.04. The molecule has 0 aromatic heterocycles. The molecule has 154 valence electrons. The summed E-state index contributed by atoms with van der Waals surface area (Å²) in [5.74, 6) is -0.222. The molecule has 7 atom stereocenters. The van der Waals surface area contributed by atoms with Gasteiger partial charge in [0.1, 0.15) is 6.10 Å². The van der Waals surface area contributed by atoms with Gasteiger partial charge in [-0.05, 0) is 38.0 Å². The first-order valence-corrected chi connectivity index (χ1v) is 9.47. The van der Waals surface area contributed by atoms with E-state index in [4.69, 9.17) is 9.84 Å². The largest absolute Gasteiger partial charge is 0.396 e. The highest BCUT2D eigenvalue weighted by Crippen LogP contribution is 2.26. The van der Waals surface area contributed by atoms with Gasteiger partial charge in [-0.15, -0.1) is 0 Å². The van der Waals surface area contributed by atoms with E-state index in [1.807, 2.05) is 19.9 Å². The van der Waals surface area contributed by atoms with Crippen LogP contribution in [0.5, 0.6) is 0 Å². The summed E-state index contributed by atoms with van der Waals surface area (Å²) in [5, 5.41) is 49.1.